The molecule has 0 amide bonds. The Bertz CT molecular complexity index is 746. The van der Waals surface area contributed by atoms with E-state index in [0.717, 1.165) is 42.1 Å². The number of nitrogens with one attached hydrogen (secondary N) is 2. The van der Waals surface area contributed by atoms with Gasteiger partial charge < -0.3 is 5.32 Å². The van der Waals surface area contributed by atoms with Crippen molar-refractivity contribution in [1.82, 2.24) is 0 Å². The maximum Gasteiger partial charge on any atom is 0.203 e. The van der Waals surface area contributed by atoms with Gasteiger partial charge in [-0.05, 0) is 43.4 Å². The highest BCUT2D eigenvalue weighted by molar-refractivity contribution is 6.33. The van der Waals surface area contributed by atoms with Crippen LogP contribution in [0.4, 0.5) is 11.4 Å². The zero-order valence-electron chi connectivity index (χ0n) is 13.6. The van der Waals surface area contributed by atoms with Gasteiger partial charge in [0.1, 0.15) is 0 Å². The van der Waals surface area contributed by atoms with Crippen molar-refractivity contribution in [2.24, 2.45) is 0 Å². The lowest BCUT2D eigenvalue weighted by atomic mass is 10.1. The van der Waals surface area contributed by atoms with Gasteiger partial charge in [-0.2, -0.15) is 0 Å². The van der Waals surface area contributed by atoms with E-state index in [1.54, 1.807) is 0 Å². The third-order valence-electron chi connectivity index (χ3n) is 4.08. The fourth-order valence-corrected chi connectivity index (χ4v) is 3.04. The Hall–Kier alpha value is -2.32. The molecule has 122 valence electrons. The van der Waals surface area contributed by atoms with Crippen LogP contribution in [0.2, 0.25) is 0 Å². The molecular weight excluding hydrogens is 316 g/mol. The molecule has 2 N–H and O–H groups in total. The second kappa shape index (κ2) is 8.51. The molecule has 0 atom stereocenters. The Morgan fingerprint density at radius 3 is 2.29 bits per heavy atom. The van der Waals surface area contributed by atoms with Gasteiger partial charge >= 0.3 is 0 Å². The number of para-hydroxylation sites is 2. The molecule has 24 heavy (non-hydrogen) atoms. The second-order valence-electron chi connectivity index (χ2n) is 5.88. The van der Waals surface area contributed by atoms with Crippen molar-refractivity contribution < 1.29 is 4.99 Å². The van der Waals surface area contributed by atoms with E-state index in [1.165, 1.54) is 11.1 Å². The summed E-state index contributed by atoms with van der Waals surface area (Å²) >= 11 is 6.69. The molecule has 0 aromatic heterocycles. The van der Waals surface area contributed by atoms with Crippen molar-refractivity contribution in [2.75, 3.05) is 5.32 Å². The first kappa shape index (κ1) is 16.5. The fraction of sp³-hybridized carbons (Fsp3) is 0.190. The van der Waals surface area contributed by atoms with Gasteiger partial charge in [-0.3, -0.25) is 0 Å². The monoisotopic (exact) mass is 337 g/mol. The van der Waals surface area contributed by atoms with Crippen molar-refractivity contribution in [1.29, 1.82) is 0 Å². The Balaban J connectivity index is 1.80. The molecule has 2 aromatic rings. The zero-order valence-corrected chi connectivity index (χ0v) is 14.4. The Morgan fingerprint density at radius 2 is 1.54 bits per heavy atom. The third kappa shape index (κ3) is 4.59. The molecule has 0 aliphatic heterocycles. The van der Waals surface area contributed by atoms with Crippen LogP contribution in [0, 0.1) is 0 Å². The van der Waals surface area contributed by atoms with Gasteiger partial charge in [0, 0.05) is 29.6 Å². The number of hydrogen-bond acceptors (Lipinski definition) is 1. The molecule has 3 rings (SSSR count). The van der Waals surface area contributed by atoms with E-state index in [9.17, 15) is 0 Å². The third-order valence-corrected chi connectivity index (χ3v) is 4.57. The Kier molecular flexibility index (Phi) is 5.86. The summed E-state index contributed by atoms with van der Waals surface area (Å²) in [6.07, 6.45) is 8.39. The van der Waals surface area contributed by atoms with Gasteiger partial charge in [0.25, 0.3) is 0 Å². The Morgan fingerprint density at radius 1 is 0.875 bits per heavy atom. The Labute approximate surface area is 148 Å². The summed E-state index contributed by atoms with van der Waals surface area (Å²) in [6, 6.07) is 20.3. The van der Waals surface area contributed by atoms with Gasteiger partial charge in [-0.25, -0.2) is 4.99 Å². The van der Waals surface area contributed by atoms with E-state index in [2.05, 4.69) is 34.6 Å². The first-order valence-corrected chi connectivity index (χ1v) is 8.75. The molecule has 0 saturated carbocycles. The smallest absolute Gasteiger partial charge is 0.203 e. The molecule has 0 radical (unpaired) electrons. The zero-order chi connectivity index (χ0) is 16.6. The lowest BCUT2D eigenvalue weighted by Crippen LogP contribution is -2.61. The van der Waals surface area contributed by atoms with E-state index >= 15 is 0 Å². The minimum absolute atomic E-state index is 0.861. The summed E-state index contributed by atoms with van der Waals surface area (Å²) in [6.45, 7) is 0. The molecule has 2 aromatic carbocycles. The molecule has 0 fully saturated rings. The van der Waals surface area contributed by atoms with Crippen LogP contribution in [0.1, 0.15) is 25.7 Å². The molecule has 2 nitrogen and oxygen atoms in total. The van der Waals surface area contributed by atoms with Crippen LogP contribution in [0.5, 0.6) is 0 Å². The minimum atomic E-state index is 0.861. The molecule has 0 heterocycles. The highest BCUT2D eigenvalue weighted by Gasteiger charge is 2.15. The second-order valence-corrected chi connectivity index (χ2v) is 6.26. The van der Waals surface area contributed by atoms with E-state index in [1.807, 2.05) is 48.8 Å². The van der Waals surface area contributed by atoms with Gasteiger partial charge in [0.2, 0.25) is 5.69 Å². The highest BCUT2D eigenvalue weighted by atomic mass is 35.5. The van der Waals surface area contributed by atoms with Crippen LogP contribution in [0.25, 0.3) is 0 Å². The van der Waals surface area contributed by atoms with Crippen molar-refractivity contribution in [3.63, 3.8) is 0 Å². The molecule has 0 unspecified atom stereocenters. The number of hydrogen-bond donors (Lipinski definition) is 2. The topological polar surface area (TPSA) is 26.0 Å². The first-order valence-electron chi connectivity index (χ1n) is 8.37. The molecule has 3 heteroatoms. The predicted molar refractivity (Wildman–Crippen MR) is 103 cm³/mol. The van der Waals surface area contributed by atoms with Crippen LogP contribution in [0.15, 0.2) is 83.0 Å². The van der Waals surface area contributed by atoms with Crippen molar-refractivity contribution >= 4 is 29.2 Å². The van der Waals surface area contributed by atoms with Crippen molar-refractivity contribution in [2.45, 2.75) is 25.7 Å². The van der Waals surface area contributed by atoms with Crippen LogP contribution >= 0.6 is 11.6 Å². The lowest BCUT2D eigenvalue weighted by molar-refractivity contribution is -0.347. The van der Waals surface area contributed by atoms with Crippen LogP contribution in [0.3, 0.4) is 0 Å². The van der Waals surface area contributed by atoms with Gasteiger partial charge in [0.15, 0.2) is 6.21 Å². The summed E-state index contributed by atoms with van der Waals surface area (Å²) in [5.74, 6) is 0. The molecule has 0 spiro atoms. The van der Waals surface area contributed by atoms with Crippen LogP contribution in [-0.2, 0) is 0 Å². The molecule has 0 bridgehead atoms. The van der Waals surface area contributed by atoms with Crippen molar-refractivity contribution in [3.05, 3.63) is 83.0 Å². The lowest BCUT2D eigenvalue weighted by Gasteiger charge is -2.06. The summed E-state index contributed by atoms with van der Waals surface area (Å²) in [7, 11) is 0. The maximum atomic E-state index is 6.69. The summed E-state index contributed by atoms with van der Waals surface area (Å²) < 4.78 is 0. The number of halogens is 1. The van der Waals surface area contributed by atoms with E-state index in [-0.39, 0.29) is 0 Å². The fourth-order valence-electron chi connectivity index (χ4n) is 2.74. The molecule has 0 saturated heterocycles. The average molecular weight is 338 g/mol. The number of allylic oxidation sites excluding steroid dienone is 3. The molecular formula is C21H22ClN2+. The van der Waals surface area contributed by atoms with E-state index in [4.69, 9.17) is 11.6 Å². The van der Waals surface area contributed by atoms with Gasteiger partial charge in [0.05, 0.1) is 5.03 Å². The van der Waals surface area contributed by atoms with Gasteiger partial charge in [-0.15, -0.1) is 0 Å². The van der Waals surface area contributed by atoms with Crippen LogP contribution in [-0.4, -0.2) is 6.21 Å². The van der Waals surface area contributed by atoms with Crippen molar-refractivity contribution in [3.8, 4) is 0 Å². The molecule has 1 aliphatic rings. The first-order chi connectivity index (χ1) is 11.8. The standard InChI is InChI=1S/C21H21ClN2/c22-21-17(15-23-19-11-3-1-4-12-19)9-7-8-10-18(21)16-24-20-13-5-2-6-14-20/h1-6,11-16,23H,7-10H2/p+1/b17-15+,24-16?. The van der Waals surface area contributed by atoms with Crippen LogP contribution < -0.4 is 10.3 Å². The number of rotatable bonds is 4. The summed E-state index contributed by atoms with van der Waals surface area (Å²) in [5, 5.41) is 4.21. The quantitative estimate of drug-likeness (QED) is 0.787. The predicted octanol–water partition coefficient (Wildman–Crippen LogP) is 4.53. The summed E-state index contributed by atoms with van der Waals surface area (Å²) in [5.41, 5.74) is 4.48. The number of benzene rings is 2. The normalized spacial score (nSPS) is 17.3. The number of anilines is 1. The average Bonchev–Trinajstić information content (AvgIpc) is 2.81. The van der Waals surface area contributed by atoms with E-state index < -0.39 is 0 Å². The highest BCUT2D eigenvalue weighted by Crippen LogP contribution is 2.30. The van der Waals surface area contributed by atoms with E-state index in [0.29, 0.717) is 0 Å². The minimum Gasteiger partial charge on any atom is -0.361 e. The maximum absolute atomic E-state index is 6.69. The van der Waals surface area contributed by atoms with Gasteiger partial charge in [-0.1, -0.05) is 48.0 Å². The largest absolute Gasteiger partial charge is 0.361 e. The molecule has 1 aliphatic carbocycles. The SMILES string of the molecule is ClC1=C(C=[NH+]c2ccccc2)CCCC/C1=C\Nc1ccccc1. The summed E-state index contributed by atoms with van der Waals surface area (Å²) in [4.78, 5) is 3.35.